The van der Waals surface area contributed by atoms with Crippen molar-refractivity contribution in [1.82, 2.24) is 0 Å². The molecular formula is C15H19O3. The van der Waals surface area contributed by atoms with Gasteiger partial charge in [-0.15, -0.1) is 0 Å². The van der Waals surface area contributed by atoms with E-state index >= 15 is 0 Å². The van der Waals surface area contributed by atoms with Crippen LogP contribution in [0.5, 0.6) is 5.75 Å². The molecule has 0 bridgehead atoms. The summed E-state index contributed by atoms with van der Waals surface area (Å²) in [5.41, 5.74) is 0.444. The van der Waals surface area contributed by atoms with Gasteiger partial charge in [0.15, 0.2) is 0 Å². The number of rotatable bonds is 8. The molecule has 0 amide bonds. The number of esters is 1. The Kier molecular flexibility index (Phi) is 6.62. The van der Waals surface area contributed by atoms with Crippen molar-refractivity contribution in [2.45, 2.75) is 26.2 Å². The van der Waals surface area contributed by atoms with Crippen LogP contribution in [0.1, 0.15) is 26.2 Å². The lowest BCUT2D eigenvalue weighted by Gasteiger charge is -2.06. The average Bonchev–Trinajstić information content (AvgIpc) is 2.38. The van der Waals surface area contributed by atoms with E-state index in [0.29, 0.717) is 18.8 Å². The van der Waals surface area contributed by atoms with Crippen molar-refractivity contribution < 1.29 is 14.3 Å². The number of benzene rings is 1. The van der Waals surface area contributed by atoms with Gasteiger partial charge in [0.1, 0.15) is 5.75 Å². The first-order valence-electron chi connectivity index (χ1n) is 6.11. The smallest absolute Gasteiger partial charge is 0.333 e. The normalized spacial score (nSPS) is 9.83. The molecule has 1 rings (SSSR count). The molecule has 0 saturated carbocycles. The van der Waals surface area contributed by atoms with E-state index in [9.17, 15) is 4.79 Å². The first kappa shape index (κ1) is 14.3. The molecule has 3 nitrogen and oxygen atoms in total. The topological polar surface area (TPSA) is 35.5 Å². The Balaban J connectivity index is 1.96. The van der Waals surface area contributed by atoms with E-state index < -0.39 is 0 Å². The van der Waals surface area contributed by atoms with Crippen molar-refractivity contribution in [3.8, 4) is 5.75 Å². The Morgan fingerprint density at radius 2 is 1.89 bits per heavy atom. The Hall–Kier alpha value is -1.77. The molecule has 0 unspecified atom stereocenters. The van der Waals surface area contributed by atoms with Gasteiger partial charge in [0, 0.05) is 5.57 Å². The average molecular weight is 247 g/mol. The molecule has 0 N–H and O–H groups in total. The molecule has 0 fully saturated rings. The molecule has 1 aromatic rings. The highest BCUT2D eigenvalue weighted by Crippen LogP contribution is 2.09. The van der Waals surface area contributed by atoms with Crippen LogP contribution in [0.4, 0.5) is 0 Å². The van der Waals surface area contributed by atoms with Crippen molar-refractivity contribution >= 4 is 5.97 Å². The SMILES string of the molecule is C=C(C)C(=O)OCCCCCOc1cc[c]cc1. The van der Waals surface area contributed by atoms with Crippen molar-refractivity contribution in [3.63, 3.8) is 0 Å². The van der Waals surface area contributed by atoms with Gasteiger partial charge in [-0.2, -0.15) is 0 Å². The van der Waals surface area contributed by atoms with E-state index in [-0.39, 0.29) is 5.97 Å². The van der Waals surface area contributed by atoms with Gasteiger partial charge in [-0.3, -0.25) is 0 Å². The summed E-state index contributed by atoms with van der Waals surface area (Å²) in [7, 11) is 0. The maximum absolute atomic E-state index is 11.1. The highest BCUT2D eigenvalue weighted by Gasteiger charge is 2.01. The fourth-order valence-electron chi connectivity index (χ4n) is 1.33. The van der Waals surface area contributed by atoms with Gasteiger partial charge in [-0.05, 0) is 44.4 Å². The van der Waals surface area contributed by atoms with Crippen LogP contribution in [0, 0.1) is 6.07 Å². The third-order valence-electron chi connectivity index (χ3n) is 2.33. The summed E-state index contributed by atoms with van der Waals surface area (Å²) in [6, 6.07) is 10.4. The lowest BCUT2D eigenvalue weighted by molar-refractivity contribution is -0.139. The summed E-state index contributed by atoms with van der Waals surface area (Å²) < 4.78 is 10.5. The Bertz CT molecular complexity index is 371. The predicted octanol–water partition coefficient (Wildman–Crippen LogP) is 3.16. The molecule has 0 aliphatic rings. The summed E-state index contributed by atoms with van der Waals surface area (Å²) in [6.07, 6.45) is 2.77. The zero-order chi connectivity index (χ0) is 13.2. The lowest BCUT2D eigenvalue weighted by atomic mass is 10.2. The minimum Gasteiger partial charge on any atom is -0.494 e. The van der Waals surface area contributed by atoms with E-state index in [2.05, 4.69) is 12.6 Å². The Morgan fingerprint density at radius 1 is 1.22 bits per heavy atom. The van der Waals surface area contributed by atoms with Crippen LogP contribution in [0.25, 0.3) is 0 Å². The molecule has 0 atom stereocenters. The van der Waals surface area contributed by atoms with Crippen LogP contribution in [0.2, 0.25) is 0 Å². The first-order chi connectivity index (χ1) is 8.70. The van der Waals surface area contributed by atoms with Gasteiger partial charge in [0.2, 0.25) is 0 Å². The van der Waals surface area contributed by atoms with Crippen LogP contribution >= 0.6 is 0 Å². The molecule has 0 aliphatic heterocycles. The third kappa shape index (κ3) is 6.09. The predicted molar refractivity (Wildman–Crippen MR) is 70.4 cm³/mol. The second-order valence-electron chi connectivity index (χ2n) is 4.06. The maximum Gasteiger partial charge on any atom is 0.333 e. The van der Waals surface area contributed by atoms with Gasteiger partial charge in [0.25, 0.3) is 0 Å². The highest BCUT2D eigenvalue weighted by atomic mass is 16.5. The molecule has 1 radical (unpaired) electrons. The second kappa shape index (κ2) is 8.34. The first-order valence-corrected chi connectivity index (χ1v) is 6.11. The van der Waals surface area contributed by atoms with E-state index in [4.69, 9.17) is 9.47 Å². The zero-order valence-electron chi connectivity index (χ0n) is 10.8. The quantitative estimate of drug-likeness (QED) is 0.402. The molecule has 3 heteroatoms. The molecule has 1 aromatic carbocycles. The zero-order valence-corrected chi connectivity index (χ0v) is 10.8. The molecule has 97 valence electrons. The lowest BCUT2D eigenvalue weighted by Crippen LogP contribution is -2.06. The number of carbonyl (C=O) groups excluding carboxylic acids is 1. The van der Waals surface area contributed by atoms with Crippen LogP contribution in [0.3, 0.4) is 0 Å². The molecule has 0 saturated heterocycles. The molecule has 0 spiro atoms. The highest BCUT2D eigenvalue weighted by molar-refractivity contribution is 5.86. The minimum absolute atomic E-state index is 0.313. The Labute approximate surface area is 108 Å². The maximum atomic E-state index is 11.1. The number of unbranched alkanes of at least 4 members (excludes halogenated alkanes) is 2. The second-order valence-corrected chi connectivity index (χ2v) is 4.06. The minimum atomic E-state index is -0.313. The summed E-state index contributed by atoms with van der Waals surface area (Å²) in [4.78, 5) is 11.1. The molecule has 18 heavy (non-hydrogen) atoms. The summed E-state index contributed by atoms with van der Waals surface area (Å²) in [6.45, 7) is 6.30. The number of hydrogen-bond acceptors (Lipinski definition) is 3. The van der Waals surface area contributed by atoms with Gasteiger partial charge in [-0.25, -0.2) is 4.79 Å². The van der Waals surface area contributed by atoms with Crippen molar-refractivity contribution in [2.24, 2.45) is 0 Å². The van der Waals surface area contributed by atoms with Gasteiger partial charge in [0.05, 0.1) is 13.2 Å². The molecule has 0 aliphatic carbocycles. The monoisotopic (exact) mass is 247 g/mol. The summed E-state index contributed by atoms with van der Waals surface area (Å²) in [5, 5.41) is 0. The number of ether oxygens (including phenoxy) is 2. The third-order valence-corrected chi connectivity index (χ3v) is 2.33. The van der Waals surface area contributed by atoms with Crippen LogP contribution in [0.15, 0.2) is 36.4 Å². The number of hydrogen-bond donors (Lipinski definition) is 0. The van der Waals surface area contributed by atoms with E-state index in [1.807, 2.05) is 24.3 Å². The van der Waals surface area contributed by atoms with E-state index in [1.54, 1.807) is 6.92 Å². The van der Waals surface area contributed by atoms with Gasteiger partial charge < -0.3 is 9.47 Å². The molecule has 0 aromatic heterocycles. The van der Waals surface area contributed by atoms with Gasteiger partial charge >= 0.3 is 5.97 Å². The van der Waals surface area contributed by atoms with Crippen LogP contribution < -0.4 is 4.74 Å². The van der Waals surface area contributed by atoms with Crippen molar-refractivity contribution in [2.75, 3.05) is 13.2 Å². The molecule has 0 heterocycles. The number of carbonyl (C=O) groups is 1. The van der Waals surface area contributed by atoms with Crippen LogP contribution in [-0.2, 0) is 9.53 Å². The van der Waals surface area contributed by atoms with E-state index in [0.717, 1.165) is 25.0 Å². The standard InChI is InChI=1S/C15H19O3/c1-13(2)15(16)18-12-8-4-7-11-17-14-9-5-3-6-10-14/h5-6,9-10H,1,4,7-8,11-12H2,2H3. The fourth-order valence-corrected chi connectivity index (χ4v) is 1.33. The summed E-state index contributed by atoms with van der Waals surface area (Å²) in [5.74, 6) is 0.550. The molecular weight excluding hydrogens is 228 g/mol. The summed E-state index contributed by atoms with van der Waals surface area (Å²) >= 11 is 0. The largest absolute Gasteiger partial charge is 0.494 e. The van der Waals surface area contributed by atoms with Crippen LogP contribution in [-0.4, -0.2) is 19.2 Å². The Morgan fingerprint density at radius 3 is 2.56 bits per heavy atom. The van der Waals surface area contributed by atoms with Crippen molar-refractivity contribution in [3.05, 3.63) is 42.5 Å². The van der Waals surface area contributed by atoms with Crippen molar-refractivity contribution in [1.29, 1.82) is 0 Å². The fraction of sp³-hybridized carbons (Fsp3) is 0.400. The van der Waals surface area contributed by atoms with Gasteiger partial charge in [-0.1, -0.05) is 18.7 Å². The van der Waals surface area contributed by atoms with E-state index in [1.165, 1.54) is 0 Å².